The predicted octanol–water partition coefficient (Wildman–Crippen LogP) is 2.19. The van der Waals surface area contributed by atoms with Crippen LogP contribution in [0.2, 0.25) is 0 Å². The lowest BCUT2D eigenvalue weighted by atomic mass is 9.92. The van der Waals surface area contributed by atoms with Gasteiger partial charge in [0.15, 0.2) is 0 Å². The molecule has 0 aromatic heterocycles. The average Bonchev–Trinajstić information content (AvgIpc) is 2.77. The smallest absolute Gasteiger partial charge is 0.346 e. The Bertz CT molecular complexity index is 789. The maximum absolute atomic E-state index is 12.6. The normalized spacial score (nSPS) is 21.0. The number of benzene rings is 2. The molecule has 1 atom stereocenters. The number of carbonyl (C=O) groups is 2. The molecule has 1 aliphatic rings. The van der Waals surface area contributed by atoms with E-state index in [1.54, 1.807) is 43.3 Å². The molecule has 0 radical (unpaired) electrons. The molecule has 2 aromatic rings. The summed E-state index contributed by atoms with van der Waals surface area (Å²) < 4.78 is 0. The van der Waals surface area contributed by atoms with Crippen LogP contribution in [0.1, 0.15) is 18.1 Å². The molecule has 0 unspecified atom stereocenters. The van der Waals surface area contributed by atoms with Crippen LogP contribution in [-0.4, -0.2) is 28.3 Å². The van der Waals surface area contributed by atoms with Gasteiger partial charge in [0.1, 0.15) is 11.3 Å². The molecule has 6 heteroatoms. The maximum Gasteiger partial charge on any atom is 0.346 e. The lowest BCUT2D eigenvalue weighted by molar-refractivity contribution is -0.131. The molecule has 0 saturated carbocycles. The highest BCUT2D eigenvalue weighted by atomic mass is 16.3. The topological polar surface area (TPSA) is 82.0 Å². The average molecular weight is 309 g/mol. The van der Waals surface area contributed by atoms with E-state index in [1.807, 2.05) is 6.07 Å². The van der Waals surface area contributed by atoms with Gasteiger partial charge in [-0.15, -0.1) is 5.01 Å². The van der Waals surface area contributed by atoms with Crippen LogP contribution in [0.5, 0.6) is 5.75 Å². The molecule has 0 bridgehead atoms. The predicted molar refractivity (Wildman–Crippen MR) is 84.9 cm³/mol. The molecule has 3 rings (SSSR count). The number of imide groups is 1. The fourth-order valence-corrected chi connectivity index (χ4v) is 2.43. The number of phenolic OH excluding ortho intramolecular Hbond substituents is 1. The van der Waals surface area contributed by atoms with E-state index in [4.69, 9.17) is 0 Å². The van der Waals surface area contributed by atoms with Gasteiger partial charge < -0.3 is 10.4 Å². The van der Waals surface area contributed by atoms with Crippen molar-refractivity contribution in [3.8, 4) is 5.75 Å². The summed E-state index contributed by atoms with van der Waals surface area (Å²) in [5, 5.41) is 16.8. The van der Waals surface area contributed by atoms with Crippen molar-refractivity contribution in [1.29, 1.82) is 0 Å². The lowest BCUT2D eigenvalue weighted by Gasteiger charge is -2.20. The van der Waals surface area contributed by atoms with Gasteiger partial charge in [-0.2, -0.15) is 5.10 Å². The SMILES string of the molecule is C[C@@]1(c2ccccc2)NC(=O)N(/N=C\c2cccc(O)c2)C1=O. The summed E-state index contributed by atoms with van der Waals surface area (Å²) >= 11 is 0. The molecule has 1 heterocycles. The first-order valence-electron chi connectivity index (χ1n) is 7.06. The number of hydrazone groups is 1. The third-order valence-electron chi connectivity index (χ3n) is 3.71. The first-order valence-corrected chi connectivity index (χ1v) is 7.06. The molecule has 1 aliphatic heterocycles. The second-order valence-electron chi connectivity index (χ2n) is 5.38. The molecule has 1 saturated heterocycles. The van der Waals surface area contributed by atoms with Gasteiger partial charge in [0.25, 0.3) is 5.91 Å². The van der Waals surface area contributed by atoms with Gasteiger partial charge in [0.2, 0.25) is 0 Å². The van der Waals surface area contributed by atoms with Crippen LogP contribution in [0.3, 0.4) is 0 Å². The van der Waals surface area contributed by atoms with E-state index < -0.39 is 17.5 Å². The van der Waals surface area contributed by atoms with Gasteiger partial charge in [0, 0.05) is 0 Å². The van der Waals surface area contributed by atoms with Crippen LogP contribution in [-0.2, 0) is 10.3 Å². The Morgan fingerprint density at radius 1 is 1.13 bits per heavy atom. The van der Waals surface area contributed by atoms with E-state index in [2.05, 4.69) is 10.4 Å². The fourth-order valence-electron chi connectivity index (χ4n) is 2.43. The van der Waals surface area contributed by atoms with E-state index in [0.29, 0.717) is 11.1 Å². The molecule has 116 valence electrons. The standard InChI is InChI=1S/C17H15N3O3/c1-17(13-7-3-2-4-8-13)15(22)20(16(23)19-17)18-11-12-6-5-9-14(21)10-12/h2-11,21H,1H3,(H,19,23)/b18-11-/t17-/m0/s1. The van der Waals surface area contributed by atoms with Crippen molar-refractivity contribution in [2.45, 2.75) is 12.5 Å². The van der Waals surface area contributed by atoms with Crippen molar-refractivity contribution in [1.82, 2.24) is 10.3 Å². The molecule has 23 heavy (non-hydrogen) atoms. The molecule has 2 aromatic carbocycles. The molecule has 0 aliphatic carbocycles. The van der Waals surface area contributed by atoms with E-state index in [-0.39, 0.29) is 5.75 Å². The van der Waals surface area contributed by atoms with Crippen LogP contribution < -0.4 is 5.32 Å². The molecule has 6 nitrogen and oxygen atoms in total. The summed E-state index contributed by atoms with van der Waals surface area (Å²) in [6.07, 6.45) is 1.36. The number of nitrogens with zero attached hydrogens (tertiary/aromatic N) is 2. The Kier molecular flexibility index (Phi) is 3.57. The van der Waals surface area contributed by atoms with Crippen LogP contribution >= 0.6 is 0 Å². The van der Waals surface area contributed by atoms with Crippen LogP contribution in [0.15, 0.2) is 59.7 Å². The van der Waals surface area contributed by atoms with Gasteiger partial charge in [-0.25, -0.2) is 4.79 Å². The van der Waals surface area contributed by atoms with Gasteiger partial charge in [0.05, 0.1) is 6.21 Å². The van der Waals surface area contributed by atoms with E-state index >= 15 is 0 Å². The zero-order chi connectivity index (χ0) is 16.4. The van der Waals surface area contributed by atoms with Gasteiger partial charge in [-0.05, 0) is 30.2 Å². The third kappa shape index (κ3) is 2.66. The molecular weight excluding hydrogens is 294 g/mol. The number of hydrogen-bond donors (Lipinski definition) is 2. The van der Waals surface area contributed by atoms with Crippen molar-refractivity contribution in [3.63, 3.8) is 0 Å². The van der Waals surface area contributed by atoms with Crippen LogP contribution in [0.4, 0.5) is 4.79 Å². The van der Waals surface area contributed by atoms with Gasteiger partial charge in [-0.3, -0.25) is 4.79 Å². The Morgan fingerprint density at radius 2 is 1.87 bits per heavy atom. The highest BCUT2D eigenvalue weighted by Crippen LogP contribution is 2.28. The van der Waals surface area contributed by atoms with Crippen molar-refractivity contribution >= 4 is 18.2 Å². The van der Waals surface area contributed by atoms with E-state index in [0.717, 1.165) is 5.01 Å². The van der Waals surface area contributed by atoms with Crippen molar-refractivity contribution in [2.75, 3.05) is 0 Å². The lowest BCUT2D eigenvalue weighted by Crippen LogP contribution is -2.40. The number of urea groups is 1. The third-order valence-corrected chi connectivity index (χ3v) is 3.71. The fraction of sp³-hybridized carbons (Fsp3) is 0.118. The van der Waals surface area contributed by atoms with Crippen molar-refractivity contribution < 1.29 is 14.7 Å². The summed E-state index contributed by atoms with van der Waals surface area (Å²) in [5.41, 5.74) is 0.126. The largest absolute Gasteiger partial charge is 0.508 e. The Morgan fingerprint density at radius 3 is 2.57 bits per heavy atom. The second-order valence-corrected chi connectivity index (χ2v) is 5.38. The first kappa shape index (κ1) is 14.8. The zero-order valence-electron chi connectivity index (χ0n) is 12.4. The minimum absolute atomic E-state index is 0.0836. The molecule has 2 N–H and O–H groups in total. The summed E-state index contributed by atoms with van der Waals surface area (Å²) in [6.45, 7) is 1.65. The zero-order valence-corrected chi connectivity index (χ0v) is 12.4. The van der Waals surface area contributed by atoms with E-state index in [1.165, 1.54) is 18.3 Å². The maximum atomic E-state index is 12.6. The van der Waals surface area contributed by atoms with Crippen LogP contribution in [0, 0.1) is 0 Å². The number of nitrogens with one attached hydrogen (secondary N) is 1. The second kappa shape index (κ2) is 5.57. The number of hydrogen-bond acceptors (Lipinski definition) is 4. The highest BCUT2D eigenvalue weighted by Gasteiger charge is 2.49. The number of phenols is 1. The molecule has 0 spiro atoms. The van der Waals surface area contributed by atoms with Gasteiger partial charge >= 0.3 is 6.03 Å². The minimum Gasteiger partial charge on any atom is -0.508 e. The summed E-state index contributed by atoms with van der Waals surface area (Å²) in [7, 11) is 0. The molecule has 3 amide bonds. The molecule has 1 fully saturated rings. The minimum atomic E-state index is -1.14. The summed E-state index contributed by atoms with van der Waals surface area (Å²) in [6, 6.07) is 14.8. The Labute approximate surface area is 133 Å². The number of rotatable bonds is 3. The van der Waals surface area contributed by atoms with Crippen molar-refractivity contribution in [2.24, 2.45) is 5.10 Å². The number of amides is 3. The Hall–Kier alpha value is -3.15. The Balaban J connectivity index is 1.87. The summed E-state index contributed by atoms with van der Waals surface area (Å²) in [4.78, 5) is 24.7. The van der Waals surface area contributed by atoms with Gasteiger partial charge in [-0.1, -0.05) is 42.5 Å². The van der Waals surface area contributed by atoms with Crippen LogP contribution in [0.25, 0.3) is 0 Å². The first-order chi connectivity index (χ1) is 11.0. The van der Waals surface area contributed by atoms with Crippen molar-refractivity contribution in [3.05, 3.63) is 65.7 Å². The highest BCUT2D eigenvalue weighted by molar-refractivity contribution is 6.07. The quantitative estimate of drug-likeness (QED) is 0.673. The number of aromatic hydroxyl groups is 1. The molecular formula is C17H15N3O3. The van der Waals surface area contributed by atoms with E-state index in [9.17, 15) is 14.7 Å². The number of carbonyl (C=O) groups excluding carboxylic acids is 2. The summed E-state index contributed by atoms with van der Waals surface area (Å²) in [5.74, 6) is -0.370. The monoisotopic (exact) mass is 309 g/mol.